The molecule has 2 unspecified atom stereocenters. The van der Waals surface area contributed by atoms with Crippen molar-refractivity contribution < 1.29 is 4.79 Å². The molecule has 2 N–H and O–H groups in total. The molecule has 0 spiro atoms. The molecule has 57 valence electrons. The van der Waals surface area contributed by atoms with Crippen molar-refractivity contribution in [1.82, 2.24) is 5.32 Å². The third-order valence-electron chi connectivity index (χ3n) is 1.91. The van der Waals surface area contributed by atoms with E-state index in [-0.39, 0.29) is 17.9 Å². The Kier molecular flexibility index (Phi) is 2.40. The highest BCUT2D eigenvalue weighted by atomic mass is 16.1. The predicted molar refractivity (Wildman–Crippen MR) is 38.7 cm³/mol. The summed E-state index contributed by atoms with van der Waals surface area (Å²) in [5.74, 6) is 0.0515. The summed E-state index contributed by atoms with van der Waals surface area (Å²) < 4.78 is 0. The van der Waals surface area contributed by atoms with Gasteiger partial charge in [0, 0.05) is 12.6 Å². The van der Waals surface area contributed by atoms with E-state index in [4.69, 9.17) is 5.73 Å². The number of carbonyl (C=O) groups excluding carboxylic acids is 1. The molecule has 1 fully saturated rings. The van der Waals surface area contributed by atoms with Crippen molar-refractivity contribution in [2.75, 3.05) is 6.54 Å². The Labute approximate surface area is 61.0 Å². The number of rotatable bonds is 2. The summed E-state index contributed by atoms with van der Waals surface area (Å²) in [4.78, 5) is 10.7. The molecule has 0 aromatic rings. The molecule has 3 nitrogen and oxygen atoms in total. The monoisotopic (exact) mass is 141 g/mol. The highest BCUT2D eigenvalue weighted by Gasteiger charge is 2.25. The second-order valence-electron chi connectivity index (χ2n) is 2.75. The molecule has 0 saturated carbocycles. The van der Waals surface area contributed by atoms with Gasteiger partial charge in [-0.05, 0) is 19.8 Å². The molecule has 2 atom stereocenters. The zero-order valence-corrected chi connectivity index (χ0v) is 6.21. The van der Waals surface area contributed by atoms with Crippen LogP contribution in [0, 0.1) is 0 Å². The molecule has 0 aliphatic carbocycles. The van der Waals surface area contributed by atoms with Crippen molar-refractivity contribution >= 4 is 5.78 Å². The Hall–Kier alpha value is -0.410. The molecule has 1 rings (SSSR count). The molecule has 1 radical (unpaired) electrons. The van der Waals surface area contributed by atoms with Crippen molar-refractivity contribution in [3.63, 3.8) is 0 Å². The number of carbonyl (C=O) groups is 1. The lowest BCUT2D eigenvalue weighted by Crippen LogP contribution is -2.43. The van der Waals surface area contributed by atoms with E-state index in [9.17, 15) is 4.79 Å². The normalized spacial score (nSPS) is 28.4. The van der Waals surface area contributed by atoms with Gasteiger partial charge in [-0.25, -0.2) is 5.32 Å². The van der Waals surface area contributed by atoms with Gasteiger partial charge in [0.1, 0.15) is 5.78 Å². The standard InChI is InChI=1S/C7H13N2O/c1-5(10)7(8)6-3-2-4-9-6/h6-7H,2-4,8H2,1H3. The quantitative estimate of drug-likeness (QED) is 0.572. The molecular formula is C7H13N2O. The van der Waals surface area contributed by atoms with Crippen LogP contribution in [-0.2, 0) is 4.79 Å². The minimum Gasteiger partial charge on any atom is -0.320 e. The van der Waals surface area contributed by atoms with Crippen LogP contribution in [0.4, 0.5) is 0 Å². The average Bonchev–Trinajstić information content (AvgIpc) is 2.36. The van der Waals surface area contributed by atoms with Crippen LogP contribution in [0.1, 0.15) is 19.8 Å². The Morgan fingerprint density at radius 2 is 2.50 bits per heavy atom. The summed E-state index contributed by atoms with van der Waals surface area (Å²) in [6.07, 6.45) is 2.08. The van der Waals surface area contributed by atoms with Crippen LogP contribution in [0.3, 0.4) is 0 Å². The maximum atomic E-state index is 10.7. The number of nitrogens with zero attached hydrogens (tertiary/aromatic N) is 1. The van der Waals surface area contributed by atoms with Gasteiger partial charge in [0.25, 0.3) is 0 Å². The van der Waals surface area contributed by atoms with Crippen LogP contribution < -0.4 is 11.1 Å². The lowest BCUT2D eigenvalue weighted by molar-refractivity contribution is -0.118. The second-order valence-corrected chi connectivity index (χ2v) is 2.75. The summed E-state index contributed by atoms with van der Waals surface area (Å²) >= 11 is 0. The van der Waals surface area contributed by atoms with Crippen molar-refractivity contribution in [3.05, 3.63) is 0 Å². The van der Waals surface area contributed by atoms with Gasteiger partial charge in [0.15, 0.2) is 0 Å². The van der Waals surface area contributed by atoms with Crippen LogP contribution >= 0.6 is 0 Å². The molecule has 0 aromatic carbocycles. The molecule has 0 amide bonds. The Balaban J connectivity index is 2.39. The molecule has 10 heavy (non-hydrogen) atoms. The SMILES string of the molecule is CC(=O)C(N)C1CCC[N]1. The molecule has 1 heterocycles. The first-order chi connectivity index (χ1) is 4.72. The summed E-state index contributed by atoms with van der Waals surface area (Å²) in [5.41, 5.74) is 5.58. The lowest BCUT2D eigenvalue weighted by atomic mass is 10.0. The maximum Gasteiger partial charge on any atom is 0.148 e. The molecule has 3 heteroatoms. The Morgan fingerprint density at radius 1 is 1.80 bits per heavy atom. The largest absolute Gasteiger partial charge is 0.320 e. The highest BCUT2D eigenvalue weighted by molar-refractivity contribution is 5.82. The summed E-state index contributed by atoms with van der Waals surface area (Å²) in [7, 11) is 0. The van der Waals surface area contributed by atoms with Crippen molar-refractivity contribution in [3.8, 4) is 0 Å². The number of hydrogen-bond donors (Lipinski definition) is 1. The molecule has 1 aliphatic rings. The van der Waals surface area contributed by atoms with Gasteiger partial charge in [-0.2, -0.15) is 0 Å². The van der Waals surface area contributed by atoms with Gasteiger partial charge in [-0.1, -0.05) is 0 Å². The summed E-state index contributed by atoms with van der Waals surface area (Å²) in [6.45, 7) is 2.41. The van der Waals surface area contributed by atoms with Gasteiger partial charge in [0.2, 0.25) is 0 Å². The van der Waals surface area contributed by atoms with Crippen LogP contribution in [0.15, 0.2) is 0 Å². The smallest absolute Gasteiger partial charge is 0.148 e. The molecule has 0 bridgehead atoms. The van der Waals surface area contributed by atoms with Gasteiger partial charge < -0.3 is 5.73 Å². The van der Waals surface area contributed by atoms with Crippen LogP contribution in [0.2, 0.25) is 0 Å². The fourth-order valence-electron chi connectivity index (χ4n) is 1.21. The van der Waals surface area contributed by atoms with E-state index in [0.717, 1.165) is 19.4 Å². The molecule has 1 saturated heterocycles. The van der Waals surface area contributed by atoms with Crippen molar-refractivity contribution in [1.29, 1.82) is 0 Å². The summed E-state index contributed by atoms with van der Waals surface area (Å²) in [5, 5.41) is 4.21. The topological polar surface area (TPSA) is 57.2 Å². The van der Waals surface area contributed by atoms with Crippen molar-refractivity contribution in [2.45, 2.75) is 31.8 Å². The third kappa shape index (κ3) is 1.55. The third-order valence-corrected chi connectivity index (χ3v) is 1.91. The van der Waals surface area contributed by atoms with E-state index in [1.165, 1.54) is 6.92 Å². The van der Waals surface area contributed by atoms with Gasteiger partial charge in [-0.15, -0.1) is 0 Å². The van der Waals surface area contributed by atoms with Crippen LogP contribution in [0.25, 0.3) is 0 Å². The number of Topliss-reactive ketones (excluding diaryl/α,β-unsaturated/α-hetero) is 1. The lowest BCUT2D eigenvalue weighted by Gasteiger charge is -2.13. The summed E-state index contributed by atoms with van der Waals surface area (Å²) in [6, 6.07) is -0.236. The number of ketones is 1. The number of nitrogens with two attached hydrogens (primary N) is 1. The zero-order valence-electron chi connectivity index (χ0n) is 6.21. The van der Waals surface area contributed by atoms with Crippen LogP contribution in [-0.4, -0.2) is 24.4 Å². The molecular weight excluding hydrogens is 128 g/mol. The molecule has 0 aromatic heterocycles. The van der Waals surface area contributed by atoms with Gasteiger partial charge >= 0.3 is 0 Å². The minimum atomic E-state index is -0.345. The van der Waals surface area contributed by atoms with E-state index in [0.29, 0.717) is 0 Å². The second kappa shape index (κ2) is 3.12. The first kappa shape index (κ1) is 7.69. The fraction of sp³-hybridized carbons (Fsp3) is 0.857. The number of hydrogen-bond acceptors (Lipinski definition) is 2. The molecule has 1 aliphatic heterocycles. The van der Waals surface area contributed by atoms with E-state index in [2.05, 4.69) is 5.32 Å². The van der Waals surface area contributed by atoms with E-state index in [1.807, 2.05) is 0 Å². The Morgan fingerprint density at radius 3 is 2.90 bits per heavy atom. The Bertz CT molecular complexity index is 130. The zero-order chi connectivity index (χ0) is 7.56. The first-order valence-electron chi connectivity index (χ1n) is 3.64. The predicted octanol–water partition coefficient (Wildman–Crippen LogP) is -0.331. The minimum absolute atomic E-state index is 0.0515. The van der Waals surface area contributed by atoms with Crippen molar-refractivity contribution in [2.24, 2.45) is 5.73 Å². The van der Waals surface area contributed by atoms with Gasteiger partial charge in [-0.3, -0.25) is 4.79 Å². The van der Waals surface area contributed by atoms with E-state index >= 15 is 0 Å². The van der Waals surface area contributed by atoms with Crippen LogP contribution in [0.5, 0.6) is 0 Å². The average molecular weight is 141 g/mol. The van der Waals surface area contributed by atoms with E-state index < -0.39 is 0 Å². The fourth-order valence-corrected chi connectivity index (χ4v) is 1.21. The maximum absolute atomic E-state index is 10.7. The van der Waals surface area contributed by atoms with Gasteiger partial charge in [0.05, 0.1) is 6.04 Å². The first-order valence-corrected chi connectivity index (χ1v) is 3.64. The van der Waals surface area contributed by atoms with E-state index in [1.54, 1.807) is 0 Å². The highest BCUT2D eigenvalue weighted by Crippen LogP contribution is 2.09.